The topological polar surface area (TPSA) is 58.9 Å². The van der Waals surface area contributed by atoms with Gasteiger partial charge in [0.05, 0.1) is 22.2 Å². The van der Waals surface area contributed by atoms with Gasteiger partial charge in [-0.15, -0.1) is 11.6 Å². The molecule has 2 aromatic rings. The predicted octanol–water partition coefficient (Wildman–Crippen LogP) is 5.52. The van der Waals surface area contributed by atoms with Crippen molar-refractivity contribution in [3.8, 4) is 11.5 Å². The lowest BCUT2D eigenvalue weighted by Crippen LogP contribution is -2.21. The summed E-state index contributed by atoms with van der Waals surface area (Å²) in [4.78, 5) is 0. The highest BCUT2D eigenvalue weighted by Crippen LogP contribution is 2.41. The fourth-order valence-corrected chi connectivity index (χ4v) is 4.21. The van der Waals surface area contributed by atoms with Crippen molar-refractivity contribution in [3.05, 3.63) is 56.5 Å². The maximum Gasteiger partial charge on any atom is 0.147 e. The van der Waals surface area contributed by atoms with E-state index in [2.05, 4.69) is 57.8 Å². The number of hydrogen-bond donors (Lipinski definition) is 2. The molecule has 2 unspecified atom stereocenters. The Hall–Kier alpha value is -0.790. The number of halogens is 3. The van der Waals surface area contributed by atoms with Gasteiger partial charge in [-0.05, 0) is 67.3 Å². The molecule has 160 valence electrons. The van der Waals surface area contributed by atoms with Crippen LogP contribution >= 0.6 is 43.5 Å². The average Bonchev–Trinajstić information content (AvgIpc) is 2.71. The van der Waals surface area contributed by atoms with E-state index in [1.165, 1.54) is 0 Å². The molecule has 0 bridgehead atoms. The lowest BCUT2D eigenvalue weighted by Gasteiger charge is -2.27. The minimum absolute atomic E-state index is 0.0585. The van der Waals surface area contributed by atoms with E-state index in [0.717, 1.165) is 25.8 Å². The van der Waals surface area contributed by atoms with E-state index >= 15 is 0 Å². The number of ether oxygens (including phenoxy) is 2. The van der Waals surface area contributed by atoms with Gasteiger partial charge in [-0.2, -0.15) is 0 Å². The zero-order chi connectivity index (χ0) is 21.6. The Balaban J connectivity index is 2.19. The Kier molecular flexibility index (Phi) is 9.29. The Labute approximate surface area is 194 Å². The van der Waals surface area contributed by atoms with E-state index in [1.807, 2.05) is 31.2 Å². The number of aliphatic hydroxyl groups excluding tert-OH is 2. The molecular weight excluding hydrogens is 523 g/mol. The first-order valence-corrected chi connectivity index (χ1v) is 11.5. The van der Waals surface area contributed by atoms with Crippen LogP contribution in [0.1, 0.15) is 31.9 Å². The third kappa shape index (κ3) is 6.59. The minimum atomic E-state index is -0.881. The standard InChI is InChI=1S/C22H27Br2ClO4/c1-14(10-25)12-29-21-19(23)8-16(9-20(21)24)22(2,3)15-4-6-18(7-5-15)28-13-17(27)11-26/h4-9,14,17,26-27H,10-13H2,1-3H3. The van der Waals surface area contributed by atoms with Crippen LogP contribution in [0.15, 0.2) is 45.3 Å². The molecule has 0 aliphatic rings. The number of hydrogen-bond acceptors (Lipinski definition) is 4. The summed E-state index contributed by atoms with van der Waals surface area (Å²) < 4.78 is 13.2. The molecule has 0 saturated carbocycles. The molecule has 0 saturated heterocycles. The largest absolute Gasteiger partial charge is 0.491 e. The van der Waals surface area contributed by atoms with Crippen LogP contribution in [0, 0.1) is 5.92 Å². The first kappa shape index (κ1) is 24.5. The third-order valence-corrected chi connectivity index (χ3v) is 6.43. The maximum atomic E-state index is 9.41. The number of benzene rings is 2. The minimum Gasteiger partial charge on any atom is -0.491 e. The van der Waals surface area contributed by atoms with Crippen LogP contribution in [0.3, 0.4) is 0 Å². The normalized spacial score (nSPS) is 13.8. The molecule has 0 heterocycles. The lowest BCUT2D eigenvalue weighted by molar-refractivity contribution is 0.0536. The Morgan fingerprint density at radius 1 is 1.00 bits per heavy atom. The van der Waals surface area contributed by atoms with Gasteiger partial charge in [0.15, 0.2) is 0 Å². The molecule has 0 amide bonds. The molecule has 2 N–H and O–H groups in total. The highest BCUT2D eigenvalue weighted by molar-refractivity contribution is 9.11. The quantitative estimate of drug-likeness (QED) is 0.383. The average molecular weight is 551 g/mol. The Bertz CT molecular complexity index is 773. The van der Waals surface area contributed by atoms with E-state index < -0.39 is 6.10 Å². The van der Waals surface area contributed by atoms with Crippen molar-refractivity contribution in [2.24, 2.45) is 5.92 Å². The summed E-state index contributed by atoms with van der Waals surface area (Å²) in [6.45, 7) is 6.65. The second kappa shape index (κ2) is 11.0. The van der Waals surface area contributed by atoms with Crippen LogP contribution in [0.5, 0.6) is 11.5 Å². The highest BCUT2D eigenvalue weighted by Gasteiger charge is 2.25. The molecular formula is C22H27Br2ClO4. The van der Waals surface area contributed by atoms with Crippen LogP contribution in [-0.4, -0.2) is 42.0 Å². The molecule has 29 heavy (non-hydrogen) atoms. The molecule has 0 fully saturated rings. The fraction of sp³-hybridized carbons (Fsp3) is 0.455. The van der Waals surface area contributed by atoms with E-state index in [1.54, 1.807) is 0 Å². The van der Waals surface area contributed by atoms with E-state index in [9.17, 15) is 5.11 Å². The molecule has 2 aromatic carbocycles. The zero-order valence-corrected chi connectivity index (χ0v) is 20.7. The van der Waals surface area contributed by atoms with Crippen molar-refractivity contribution in [3.63, 3.8) is 0 Å². The summed E-state index contributed by atoms with van der Waals surface area (Å²) in [6.07, 6.45) is -0.881. The molecule has 4 nitrogen and oxygen atoms in total. The van der Waals surface area contributed by atoms with Crippen molar-refractivity contribution < 1.29 is 19.7 Å². The molecule has 2 rings (SSSR count). The molecule has 0 spiro atoms. The molecule has 0 radical (unpaired) electrons. The number of aliphatic hydroxyl groups is 2. The molecule has 0 aliphatic carbocycles. The second-order valence-electron chi connectivity index (χ2n) is 7.64. The van der Waals surface area contributed by atoms with Crippen LogP contribution in [0.4, 0.5) is 0 Å². The van der Waals surface area contributed by atoms with Crippen LogP contribution in [0.25, 0.3) is 0 Å². The summed E-state index contributed by atoms with van der Waals surface area (Å²) in [7, 11) is 0. The van der Waals surface area contributed by atoms with Gasteiger partial charge in [-0.3, -0.25) is 0 Å². The van der Waals surface area contributed by atoms with Crippen LogP contribution in [-0.2, 0) is 5.41 Å². The van der Waals surface area contributed by atoms with E-state index in [-0.39, 0.29) is 24.5 Å². The van der Waals surface area contributed by atoms with Gasteiger partial charge in [0, 0.05) is 17.2 Å². The summed E-state index contributed by atoms with van der Waals surface area (Å²) in [5.74, 6) is 2.24. The fourth-order valence-electron chi connectivity index (χ4n) is 2.71. The van der Waals surface area contributed by atoms with Gasteiger partial charge in [0.25, 0.3) is 0 Å². The van der Waals surface area contributed by atoms with Crippen molar-refractivity contribution in [1.82, 2.24) is 0 Å². The van der Waals surface area contributed by atoms with E-state index in [4.69, 9.17) is 26.2 Å². The van der Waals surface area contributed by atoms with Gasteiger partial charge in [-0.1, -0.05) is 32.9 Å². The van der Waals surface area contributed by atoms with Crippen molar-refractivity contribution in [2.75, 3.05) is 25.7 Å². The summed E-state index contributed by atoms with van der Waals surface area (Å²) in [6, 6.07) is 11.9. The number of rotatable bonds is 10. The number of alkyl halides is 1. The van der Waals surface area contributed by atoms with Gasteiger partial charge < -0.3 is 19.7 Å². The van der Waals surface area contributed by atoms with Gasteiger partial charge in [0.2, 0.25) is 0 Å². The molecule has 2 atom stereocenters. The van der Waals surface area contributed by atoms with Crippen molar-refractivity contribution in [1.29, 1.82) is 0 Å². The summed E-state index contributed by atoms with van der Waals surface area (Å²) >= 11 is 13.1. The zero-order valence-electron chi connectivity index (χ0n) is 16.8. The first-order chi connectivity index (χ1) is 13.7. The van der Waals surface area contributed by atoms with Gasteiger partial charge in [0.1, 0.15) is 24.2 Å². The highest BCUT2D eigenvalue weighted by atomic mass is 79.9. The van der Waals surface area contributed by atoms with E-state index in [0.29, 0.717) is 18.2 Å². The maximum absolute atomic E-state index is 9.41. The van der Waals surface area contributed by atoms with Crippen molar-refractivity contribution >= 4 is 43.5 Å². The van der Waals surface area contributed by atoms with Crippen molar-refractivity contribution in [2.45, 2.75) is 32.3 Å². The second-order valence-corrected chi connectivity index (χ2v) is 9.65. The van der Waals surface area contributed by atoms with Crippen LogP contribution < -0.4 is 9.47 Å². The Morgan fingerprint density at radius 3 is 2.10 bits per heavy atom. The monoisotopic (exact) mass is 548 g/mol. The summed E-state index contributed by atoms with van der Waals surface area (Å²) in [5.41, 5.74) is 1.99. The smallest absolute Gasteiger partial charge is 0.147 e. The lowest BCUT2D eigenvalue weighted by atomic mass is 9.78. The van der Waals surface area contributed by atoms with Gasteiger partial charge in [-0.25, -0.2) is 0 Å². The first-order valence-electron chi connectivity index (χ1n) is 9.39. The van der Waals surface area contributed by atoms with Gasteiger partial charge >= 0.3 is 0 Å². The van der Waals surface area contributed by atoms with Crippen LogP contribution in [0.2, 0.25) is 0 Å². The third-order valence-electron chi connectivity index (χ3n) is 4.72. The molecule has 0 aliphatic heterocycles. The molecule has 0 aromatic heterocycles. The summed E-state index contributed by atoms with van der Waals surface area (Å²) in [5, 5.41) is 18.3. The SMILES string of the molecule is CC(CCl)COc1c(Br)cc(C(C)(C)c2ccc(OCC(O)CO)cc2)cc1Br. The predicted molar refractivity (Wildman–Crippen MR) is 124 cm³/mol. The Morgan fingerprint density at radius 2 is 1.59 bits per heavy atom. The molecule has 7 heteroatoms.